The Morgan fingerprint density at radius 1 is 1.28 bits per heavy atom. The van der Waals surface area contributed by atoms with Gasteiger partial charge in [0.15, 0.2) is 0 Å². The molecule has 0 radical (unpaired) electrons. The first-order valence-electron chi connectivity index (χ1n) is 6.54. The molecule has 2 atom stereocenters. The number of nitrogens with zero attached hydrogens (tertiary/aromatic N) is 1. The van der Waals surface area contributed by atoms with Crippen LogP contribution in [0.5, 0.6) is 0 Å². The maximum atomic E-state index is 9.39. The topological polar surface area (TPSA) is 54.0 Å². The Kier molecular flexibility index (Phi) is 9.59. The Morgan fingerprint density at radius 3 is 2.39 bits per heavy atom. The lowest BCUT2D eigenvalue weighted by atomic mass is 9.99. The van der Waals surface area contributed by atoms with Crippen LogP contribution in [-0.2, 0) is 9.47 Å². The third-order valence-electron chi connectivity index (χ3n) is 3.52. The van der Waals surface area contributed by atoms with Crippen molar-refractivity contribution in [1.82, 2.24) is 10.2 Å². The molecule has 0 bridgehead atoms. The van der Waals surface area contributed by atoms with Gasteiger partial charge in [-0.3, -0.25) is 4.90 Å². The molecule has 5 heteroatoms. The standard InChI is InChI=1S/C13H30N2O3/c1-12(10-18-5)15(8-9-17-4)7-6-13(2,11-16)14-3/h12,14,16H,6-11H2,1-5H3. The molecule has 0 fully saturated rings. The molecule has 0 spiro atoms. The Bertz CT molecular complexity index is 199. The molecule has 0 aliphatic rings. The van der Waals surface area contributed by atoms with E-state index in [-0.39, 0.29) is 12.1 Å². The number of aliphatic hydroxyl groups excluding tert-OH is 1. The summed E-state index contributed by atoms with van der Waals surface area (Å²) in [5.41, 5.74) is -0.224. The molecule has 0 aromatic carbocycles. The van der Waals surface area contributed by atoms with Crippen molar-refractivity contribution >= 4 is 0 Å². The molecule has 0 saturated carbocycles. The van der Waals surface area contributed by atoms with E-state index in [0.717, 1.165) is 19.5 Å². The van der Waals surface area contributed by atoms with Gasteiger partial charge in [-0.1, -0.05) is 0 Å². The predicted molar refractivity (Wildman–Crippen MR) is 74.0 cm³/mol. The van der Waals surface area contributed by atoms with E-state index in [2.05, 4.69) is 17.1 Å². The average Bonchev–Trinajstić information content (AvgIpc) is 2.38. The van der Waals surface area contributed by atoms with Crippen LogP contribution < -0.4 is 5.32 Å². The molecular formula is C13H30N2O3. The number of likely N-dealkylation sites (N-methyl/N-ethyl adjacent to an activating group) is 1. The summed E-state index contributed by atoms with van der Waals surface area (Å²) < 4.78 is 10.3. The largest absolute Gasteiger partial charge is 0.394 e. The molecule has 0 aliphatic heterocycles. The lowest BCUT2D eigenvalue weighted by molar-refractivity contribution is 0.0641. The lowest BCUT2D eigenvalue weighted by Gasteiger charge is -2.33. The molecule has 0 amide bonds. The van der Waals surface area contributed by atoms with Gasteiger partial charge in [-0.2, -0.15) is 0 Å². The van der Waals surface area contributed by atoms with E-state index in [4.69, 9.17) is 9.47 Å². The van der Waals surface area contributed by atoms with Gasteiger partial charge < -0.3 is 19.9 Å². The van der Waals surface area contributed by atoms with Crippen LogP contribution in [0.1, 0.15) is 20.3 Å². The van der Waals surface area contributed by atoms with Crippen LogP contribution in [0.4, 0.5) is 0 Å². The summed E-state index contributed by atoms with van der Waals surface area (Å²) >= 11 is 0. The third kappa shape index (κ3) is 6.66. The van der Waals surface area contributed by atoms with Crippen LogP contribution in [0.2, 0.25) is 0 Å². The molecule has 0 saturated heterocycles. The number of nitrogens with one attached hydrogen (secondary N) is 1. The fraction of sp³-hybridized carbons (Fsp3) is 1.00. The molecule has 2 unspecified atom stereocenters. The highest BCUT2D eigenvalue weighted by Crippen LogP contribution is 2.11. The summed E-state index contributed by atoms with van der Waals surface area (Å²) in [7, 11) is 5.31. The van der Waals surface area contributed by atoms with Gasteiger partial charge in [-0.05, 0) is 27.3 Å². The second kappa shape index (κ2) is 9.69. The molecule has 0 aromatic heterocycles. The van der Waals surface area contributed by atoms with Crippen molar-refractivity contribution in [1.29, 1.82) is 0 Å². The van der Waals surface area contributed by atoms with Crippen molar-refractivity contribution in [2.24, 2.45) is 0 Å². The van der Waals surface area contributed by atoms with Crippen molar-refractivity contribution in [3.05, 3.63) is 0 Å². The minimum atomic E-state index is -0.224. The number of hydrogen-bond acceptors (Lipinski definition) is 5. The summed E-state index contributed by atoms with van der Waals surface area (Å²) in [4.78, 5) is 2.33. The zero-order chi connectivity index (χ0) is 14.0. The van der Waals surface area contributed by atoms with E-state index in [1.807, 2.05) is 14.0 Å². The van der Waals surface area contributed by atoms with Crippen LogP contribution in [0.3, 0.4) is 0 Å². The number of methoxy groups -OCH3 is 2. The number of hydrogen-bond donors (Lipinski definition) is 2. The first kappa shape index (κ1) is 17.8. The van der Waals surface area contributed by atoms with Crippen molar-refractivity contribution in [3.8, 4) is 0 Å². The predicted octanol–water partition coefficient (Wildman–Crippen LogP) is 0.330. The van der Waals surface area contributed by atoms with Gasteiger partial charge in [0, 0.05) is 38.9 Å². The fourth-order valence-corrected chi connectivity index (χ4v) is 1.78. The van der Waals surface area contributed by atoms with Crippen molar-refractivity contribution in [2.45, 2.75) is 31.8 Å². The second-order valence-corrected chi connectivity index (χ2v) is 5.05. The Hall–Kier alpha value is -0.200. The van der Waals surface area contributed by atoms with Crippen LogP contribution in [-0.4, -0.2) is 75.8 Å². The Morgan fingerprint density at radius 2 is 1.94 bits per heavy atom. The molecule has 18 heavy (non-hydrogen) atoms. The zero-order valence-electron chi connectivity index (χ0n) is 12.5. The summed E-state index contributed by atoms with van der Waals surface area (Å²) in [6.45, 7) is 7.53. The van der Waals surface area contributed by atoms with Gasteiger partial charge in [0.25, 0.3) is 0 Å². The maximum Gasteiger partial charge on any atom is 0.0615 e. The van der Waals surface area contributed by atoms with Gasteiger partial charge in [-0.25, -0.2) is 0 Å². The fourth-order valence-electron chi connectivity index (χ4n) is 1.78. The minimum Gasteiger partial charge on any atom is -0.394 e. The van der Waals surface area contributed by atoms with Gasteiger partial charge >= 0.3 is 0 Å². The second-order valence-electron chi connectivity index (χ2n) is 5.05. The molecule has 2 N–H and O–H groups in total. The van der Waals surface area contributed by atoms with Crippen LogP contribution in [0.25, 0.3) is 0 Å². The van der Waals surface area contributed by atoms with E-state index in [9.17, 15) is 5.11 Å². The molecule has 5 nitrogen and oxygen atoms in total. The van der Waals surface area contributed by atoms with Crippen LogP contribution >= 0.6 is 0 Å². The highest BCUT2D eigenvalue weighted by Gasteiger charge is 2.23. The summed E-state index contributed by atoms with van der Waals surface area (Å²) in [5, 5.41) is 12.6. The SMILES string of the molecule is CNC(C)(CO)CCN(CCOC)C(C)COC. The van der Waals surface area contributed by atoms with Gasteiger partial charge in [0.05, 0.1) is 19.8 Å². The van der Waals surface area contributed by atoms with Crippen LogP contribution in [0.15, 0.2) is 0 Å². The van der Waals surface area contributed by atoms with Gasteiger partial charge in [0.2, 0.25) is 0 Å². The van der Waals surface area contributed by atoms with Crippen molar-refractivity contribution in [2.75, 3.05) is 54.2 Å². The Balaban J connectivity index is 4.30. The normalized spacial score (nSPS) is 16.8. The van der Waals surface area contributed by atoms with E-state index in [1.54, 1.807) is 14.2 Å². The quantitative estimate of drug-likeness (QED) is 0.562. The smallest absolute Gasteiger partial charge is 0.0615 e. The van der Waals surface area contributed by atoms with Gasteiger partial charge in [0.1, 0.15) is 0 Å². The van der Waals surface area contributed by atoms with E-state index >= 15 is 0 Å². The first-order chi connectivity index (χ1) is 8.52. The summed E-state index contributed by atoms with van der Waals surface area (Å²) in [5.74, 6) is 0. The minimum absolute atomic E-state index is 0.139. The number of aliphatic hydroxyl groups is 1. The third-order valence-corrected chi connectivity index (χ3v) is 3.52. The molecule has 0 heterocycles. The lowest BCUT2D eigenvalue weighted by Crippen LogP contribution is -2.48. The highest BCUT2D eigenvalue weighted by molar-refractivity contribution is 4.82. The van der Waals surface area contributed by atoms with Crippen molar-refractivity contribution in [3.63, 3.8) is 0 Å². The molecular weight excluding hydrogens is 232 g/mol. The van der Waals surface area contributed by atoms with E-state index in [1.165, 1.54) is 0 Å². The molecule has 0 aliphatic carbocycles. The summed E-state index contributed by atoms with van der Waals surface area (Å²) in [6, 6.07) is 0.352. The van der Waals surface area contributed by atoms with E-state index in [0.29, 0.717) is 19.3 Å². The molecule has 110 valence electrons. The number of ether oxygens (including phenoxy) is 2. The van der Waals surface area contributed by atoms with E-state index < -0.39 is 0 Å². The number of rotatable bonds is 11. The first-order valence-corrected chi connectivity index (χ1v) is 6.54. The van der Waals surface area contributed by atoms with Gasteiger partial charge in [-0.15, -0.1) is 0 Å². The summed E-state index contributed by atoms with van der Waals surface area (Å²) in [6.07, 6.45) is 0.887. The average molecular weight is 262 g/mol. The highest BCUT2D eigenvalue weighted by atomic mass is 16.5. The maximum absolute atomic E-state index is 9.39. The Labute approximate surface area is 111 Å². The monoisotopic (exact) mass is 262 g/mol. The zero-order valence-corrected chi connectivity index (χ0v) is 12.5. The molecule has 0 rings (SSSR count). The molecule has 0 aromatic rings. The van der Waals surface area contributed by atoms with Crippen LogP contribution in [0, 0.1) is 0 Å². The van der Waals surface area contributed by atoms with Crippen molar-refractivity contribution < 1.29 is 14.6 Å².